The minimum atomic E-state index is -3.53. The molecule has 19 heavy (non-hydrogen) atoms. The maximum Gasteiger partial charge on any atom is 0.250 e. The monoisotopic (exact) mass is 301 g/mol. The second-order valence-electron chi connectivity index (χ2n) is 4.16. The molecule has 2 N–H and O–H groups in total. The number of imidazole rings is 1. The zero-order valence-electron chi connectivity index (χ0n) is 10.4. The molecule has 0 aromatic carbocycles. The molecule has 8 heteroatoms. The van der Waals surface area contributed by atoms with E-state index in [1.165, 1.54) is 6.07 Å². The van der Waals surface area contributed by atoms with Crippen molar-refractivity contribution in [3.63, 3.8) is 0 Å². The Morgan fingerprint density at radius 1 is 1.53 bits per heavy atom. The first kappa shape index (κ1) is 14.2. The van der Waals surface area contributed by atoms with Gasteiger partial charge in [-0.3, -0.25) is 0 Å². The summed E-state index contributed by atoms with van der Waals surface area (Å²) in [5.74, 6) is 0. The highest BCUT2D eigenvalue weighted by Gasteiger charge is 2.19. The molecule has 2 rings (SSSR count). The summed E-state index contributed by atoms with van der Waals surface area (Å²) < 4.78 is 28.8. The van der Waals surface area contributed by atoms with E-state index < -0.39 is 10.0 Å². The third-order valence-corrected chi connectivity index (χ3v) is 5.61. The summed E-state index contributed by atoms with van der Waals surface area (Å²) in [6.07, 6.45) is 5.06. The number of thiophene rings is 1. The van der Waals surface area contributed by atoms with Crippen LogP contribution in [0.2, 0.25) is 0 Å². The van der Waals surface area contributed by atoms with Gasteiger partial charge in [0, 0.05) is 29.9 Å². The van der Waals surface area contributed by atoms with Crippen LogP contribution in [0.25, 0.3) is 0 Å². The van der Waals surface area contributed by atoms with Gasteiger partial charge in [0.15, 0.2) is 0 Å². The average molecular weight is 301 g/mol. The van der Waals surface area contributed by atoms with E-state index in [2.05, 4.69) is 9.71 Å². The minimum absolute atomic E-state index is 0.148. The molecule has 0 radical (unpaired) electrons. The van der Waals surface area contributed by atoms with Gasteiger partial charge in [-0.2, -0.15) is 0 Å². The van der Waals surface area contributed by atoms with Crippen molar-refractivity contribution >= 4 is 21.4 Å². The molecule has 0 saturated heterocycles. The van der Waals surface area contributed by atoms with Crippen molar-refractivity contribution in [1.29, 1.82) is 0 Å². The average Bonchev–Trinajstić information content (AvgIpc) is 2.97. The highest BCUT2D eigenvalue weighted by Crippen LogP contribution is 2.21. The lowest BCUT2D eigenvalue weighted by Crippen LogP contribution is -2.35. The van der Waals surface area contributed by atoms with E-state index in [0.29, 0.717) is 11.4 Å². The van der Waals surface area contributed by atoms with Crippen LogP contribution in [0.3, 0.4) is 0 Å². The molecule has 0 saturated carbocycles. The number of aliphatic hydroxyl groups is 1. The predicted octanol–water partition coefficient (Wildman–Crippen LogP) is 0.804. The Morgan fingerprint density at radius 2 is 2.32 bits per heavy atom. The van der Waals surface area contributed by atoms with Crippen LogP contribution in [0, 0.1) is 0 Å². The molecule has 2 aromatic heterocycles. The van der Waals surface area contributed by atoms with Gasteiger partial charge in [0.25, 0.3) is 0 Å². The summed E-state index contributed by atoms with van der Waals surface area (Å²) in [5.41, 5.74) is 0. The number of nitrogens with zero attached hydrogens (tertiary/aromatic N) is 2. The van der Waals surface area contributed by atoms with Crippen molar-refractivity contribution in [3.8, 4) is 0 Å². The number of hydrogen-bond donors (Lipinski definition) is 2. The Kier molecular flexibility index (Phi) is 4.35. The van der Waals surface area contributed by atoms with Gasteiger partial charge < -0.3 is 9.67 Å². The van der Waals surface area contributed by atoms with E-state index in [9.17, 15) is 8.42 Å². The van der Waals surface area contributed by atoms with Gasteiger partial charge in [-0.05, 0) is 19.1 Å². The fraction of sp³-hybridized carbons (Fsp3) is 0.364. The Bertz CT molecular complexity index is 619. The lowest BCUT2D eigenvalue weighted by atomic mass is 10.4. The van der Waals surface area contributed by atoms with Crippen LogP contribution >= 0.6 is 11.3 Å². The van der Waals surface area contributed by atoms with Gasteiger partial charge in [0.05, 0.1) is 12.9 Å². The van der Waals surface area contributed by atoms with Gasteiger partial charge in [-0.25, -0.2) is 18.1 Å². The molecule has 0 amide bonds. The van der Waals surface area contributed by atoms with E-state index >= 15 is 0 Å². The number of sulfonamides is 1. The van der Waals surface area contributed by atoms with E-state index in [4.69, 9.17) is 5.11 Å². The van der Waals surface area contributed by atoms with Crippen LogP contribution in [0.5, 0.6) is 0 Å². The normalized spacial score (nSPS) is 13.6. The second kappa shape index (κ2) is 5.83. The molecule has 0 aliphatic heterocycles. The molecule has 0 aliphatic carbocycles. The largest absolute Gasteiger partial charge is 0.391 e. The van der Waals surface area contributed by atoms with Crippen LogP contribution in [-0.2, 0) is 23.2 Å². The zero-order chi connectivity index (χ0) is 13.9. The smallest absolute Gasteiger partial charge is 0.250 e. The molecular formula is C11H15N3O3S2. The number of nitrogens with one attached hydrogen (secondary N) is 1. The van der Waals surface area contributed by atoms with E-state index in [0.717, 1.165) is 11.3 Å². The predicted molar refractivity (Wildman–Crippen MR) is 72.3 cm³/mol. The van der Waals surface area contributed by atoms with Gasteiger partial charge in [-0.1, -0.05) is 0 Å². The van der Waals surface area contributed by atoms with Crippen LogP contribution in [0.15, 0.2) is 35.1 Å². The van der Waals surface area contributed by atoms with E-state index in [-0.39, 0.29) is 16.9 Å². The third-order valence-electron chi connectivity index (χ3n) is 2.46. The van der Waals surface area contributed by atoms with Crippen molar-refractivity contribution in [1.82, 2.24) is 14.3 Å². The second-order valence-corrected chi connectivity index (χ2v) is 7.27. The van der Waals surface area contributed by atoms with Crippen LogP contribution < -0.4 is 4.72 Å². The third kappa shape index (κ3) is 3.63. The molecule has 1 unspecified atom stereocenters. The maximum atomic E-state index is 12.1. The topological polar surface area (TPSA) is 84.2 Å². The van der Waals surface area contributed by atoms with Crippen molar-refractivity contribution in [2.45, 2.75) is 30.3 Å². The fourth-order valence-corrected chi connectivity index (χ4v) is 4.13. The van der Waals surface area contributed by atoms with Crippen molar-refractivity contribution in [2.24, 2.45) is 0 Å². The number of rotatable bonds is 6. The number of aliphatic hydroxyl groups excluding tert-OH is 1. The first-order chi connectivity index (χ1) is 9.01. The quantitative estimate of drug-likeness (QED) is 0.827. The number of aromatic nitrogens is 2. The molecule has 6 nitrogen and oxygen atoms in total. The Morgan fingerprint density at radius 3 is 2.89 bits per heavy atom. The Labute approximate surface area is 115 Å². The molecule has 0 aliphatic rings. The number of hydrogen-bond acceptors (Lipinski definition) is 5. The lowest BCUT2D eigenvalue weighted by Gasteiger charge is -2.13. The SMILES string of the molecule is CC(Cn1ccnc1)NS(=O)(=O)c1ccc(CO)s1. The Balaban J connectivity index is 2.04. The molecule has 2 aromatic rings. The van der Waals surface area contributed by atoms with Gasteiger partial charge in [0.2, 0.25) is 10.0 Å². The van der Waals surface area contributed by atoms with Crippen LogP contribution in [0.4, 0.5) is 0 Å². The first-order valence-electron chi connectivity index (χ1n) is 5.69. The highest BCUT2D eigenvalue weighted by molar-refractivity contribution is 7.91. The van der Waals surface area contributed by atoms with Gasteiger partial charge >= 0.3 is 0 Å². The summed E-state index contributed by atoms with van der Waals surface area (Å²) in [5, 5.41) is 8.95. The lowest BCUT2D eigenvalue weighted by molar-refractivity contribution is 0.285. The fourth-order valence-electron chi connectivity index (χ4n) is 1.66. The summed E-state index contributed by atoms with van der Waals surface area (Å²) in [6, 6.07) is 2.86. The van der Waals surface area contributed by atoms with Crippen molar-refractivity contribution in [3.05, 3.63) is 35.7 Å². The highest BCUT2D eigenvalue weighted by atomic mass is 32.2. The zero-order valence-corrected chi connectivity index (χ0v) is 12.0. The van der Waals surface area contributed by atoms with Crippen LogP contribution in [-0.4, -0.2) is 29.1 Å². The van der Waals surface area contributed by atoms with Crippen LogP contribution in [0.1, 0.15) is 11.8 Å². The van der Waals surface area contributed by atoms with Gasteiger partial charge in [-0.15, -0.1) is 11.3 Å². The Hall–Kier alpha value is -1.22. The molecule has 0 spiro atoms. The molecular weight excluding hydrogens is 286 g/mol. The van der Waals surface area contributed by atoms with E-state index in [1.807, 2.05) is 0 Å². The van der Waals surface area contributed by atoms with E-state index in [1.54, 1.807) is 36.3 Å². The first-order valence-corrected chi connectivity index (χ1v) is 7.99. The van der Waals surface area contributed by atoms with Gasteiger partial charge in [0.1, 0.15) is 4.21 Å². The molecule has 1 atom stereocenters. The maximum absolute atomic E-state index is 12.1. The summed E-state index contributed by atoms with van der Waals surface area (Å²) in [4.78, 5) is 4.53. The summed E-state index contributed by atoms with van der Waals surface area (Å²) in [6.45, 7) is 2.15. The minimum Gasteiger partial charge on any atom is -0.391 e. The molecule has 0 bridgehead atoms. The molecule has 104 valence electrons. The summed E-state index contributed by atoms with van der Waals surface area (Å²) >= 11 is 1.07. The van der Waals surface area contributed by atoms with Crippen molar-refractivity contribution in [2.75, 3.05) is 0 Å². The molecule has 2 heterocycles. The van der Waals surface area contributed by atoms with Crippen molar-refractivity contribution < 1.29 is 13.5 Å². The summed E-state index contributed by atoms with van der Waals surface area (Å²) in [7, 11) is -3.53. The standard InChI is InChI=1S/C11H15N3O3S2/c1-9(6-14-5-4-12-8-14)13-19(16,17)11-3-2-10(7-15)18-11/h2-5,8-9,13,15H,6-7H2,1H3. The molecule has 0 fully saturated rings.